The van der Waals surface area contributed by atoms with E-state index in [0.717, 1.165) is 33.3 Å². The number of rotatable bonds is 5. The van der Waals surface area contributed by atoms with E-state index in [0.29, 0.717) is 6.61 Å². The third kappa shape index (κ3) is 8.17. The van der Waals surface area contributed by atoms with Gasteiger partial charge in [0.15, 0.2) is 0 Å². The molecular formula is C32H32NO3P. The fourth-order valence-electron chi connectivity index (χ4n) is 3.70. The van der Waals surface area contributed by atoms with Gasteiger partial charge in [-0.25, -0.2) is 4.79 Å². The van der Waals surface area contributed by atoms with E-state index in [1.807, 2.05) is 92.7 Å². The van der Waals surface area contributed by atoms with Crippen LogP contribution in [0, 0.1) is 18.3 Å². The van der Waals surface area contributed by atoms with E-state index >= 15 is 0 Å². The summed E-state index contributed by atoms with van der Waals surface area (Å²) in [7, 11) is 0. The van der Waals surface area contributed by atoms with Crippen molar-refractivity contribution < 1.29 is 14.3 Å². The second-order valence-electron chi connectivity index (χ2n) is 7.77. The Hall–Kier alpha value is -4.19. The van der Waals surface area contributed by atoms with E-state index in [4.69, 9.17) is 14.8 Å². The summed E-state index contributed by atoms with van der Waals surface area (Å²) < 4.78 is 5.30. The molecule has 0 aromatic heterocycles. The van der Waals surface area contributed by atoms with Gasteiger partial charge in [-0.05, 0) is 55.2 Å². The third-order valence-electron chi connectivity index (χ3n) is 5.34. The number of benzene rings is 4. The zero-order chi connectivity index (χ0) is 26.9. The van der Waals surface area contributed by atoms with Crippen molar-refractivity contribution in [3.8, 4) is 6.07 Å². The second kappa shape index (κ2) is 15.7. The number of aryl methyl sites for hydroxylation is 1. The first-order valence-electron chi connectivity index (χ1n) is 12.0. The van der Waals surface area contributed by atoms with E-state index < -0.39 is 6.89 Å². The first-order valence-corrected chi connectivity index (χ1v) is 13.8. The number of carbonyl (C=O) groups excluding carboxylic acids is 2. The van der Waals surface area contributed by atoms with Crippen LogP contribution < -0.4 is 15.9 Å². The molecule has 5 heteroatoms. The van der Waals surface area contributed by atoms with Crippen LogP contribution in [0.1, 0.15) is 25.0 Å². The van der Waals surface area contributed by atoms with Crippen LogP contribution in [-0.4, -0.2) is 24.7 Å². The van der Waals surface area contributed by atoms with Gasteiger partial charge in [0.1, 0.15) is 6.29 Å². The number of carbonyl (C=O) groups is 2. The average Bonchev–Trinajstić information content (AvgIpc) is 2.94. The summed E-state index contributed by atoms with van der Waals surface area (Å²) in [6.07, 6.45) is 0.750. The maximum Gasteiger partial charge on any atom is 0.331 e. The van der Waals surface area contributed by atoms with Crippen LogP contribution in [0.5, 0.6) is 0 Å². The summed E-state index contributed by atoms with van der Waals surface area (Å²) in [5, 5.41) is 11.9. The topological polar surface area (TPSA) is 67.2 Å². The Balaban J connectivity index is 0.000000333. The number of nitriles is 1. The predicted molar refractivity (Wildman–Crippen MR) is 155 cm³/mol. The first-order chi connectivity index (χ1) is 18.0. The molecule has 37 heavy (non-hydrogen) atoms. The van der Waals surface area contributed by atoms with Gasteiger partial charge in [-0.1, -0.05) is 109 Å². The van der Waals surface area contributed by atoms with Crippen LogP contribution in [0.4, 0.5) is 0 Å². The number of hydrogen-bond donors (Lipinski definition) is 0. The molecule has 0 radical (unpaired) electrons. The van der Waals surface area contributed by atoms with Gasteiger partial charge in [-0.2, -0.15) is 5.26 Å². The number of ether oxygens (including phenoxy) is 1. The molecule has 0 N–H and O–H groups in total. The minimum Gasteiger partial charge on any atom is -0.463 e. The van der Waals surface area contributed by atoms with Gasteiger partial charge in [-0.15, -0.1) is 0 Å². The first kappa shape index (κ1) is 29.0. The monoisotopic (exact) mass is 509 g/mol. The maximum absolute atomic E-state index is 12.5. The summed E-state index contributed by atoms with van der Waals surface area (Å²) in [4.78, 5) is 21.3. The fourth-order valence-corrected chi connectivity index (χ4v) is 7.36. The summed E-state index contributed by atoms with van der Waals surface area (Å²) in [6.45, 7) is 3.34. The van der Waals surface area contributed by atoms with Crippen molar-refractivity contribution in [1.82, 2.24) is 0 Å². The highest BCUT2D eigenvalue weighted by Gasteiger charge is 2.26. The van der Waals surface area contributed by atoms with Crippen LogP contribution in [0.3, 0.4) is 0 Å². The summed E-state index contributed by atoms with van der Waals surface area (Å²) in [6, 6.07) is 40.4. The zero-order valence-corrected chi connectivity index (χ0v) is 22.3. The molecule has 0 fully saturated rings. The Morgan fingerprint density at radius 2 is 1.16 bits per heavy atom. The molecule has 0 aliphatic rings. The smallest absolute Gasteiger partial charge is 0.331 e. The van der Waals surface area contributed by atoms with Crippen molar-refractivity contribution >= 4 is 40.9 Å². The Kier molecular flexibility index (Phi) is 12.3. The molecule has 188 valence electrons. The quantitative estimate of drug-likeness (QED) is 0.205. The molecule has 4 aromatic rings. The van der Waals surface area contributed by atoms with Gasteiger partial charge in [-0.3, -0.25) is 0 Å². The van der Waals surface area contributed by atoms with Crippen molar-refractivity contribution in [1.29, 1.82) is 5.26 Å². The van der Waals surface area contributed by atoms with Gasteiger partial charge >= 0.3 is 5.97 Å². The van der Waals surface area contributed by atoms with Crippen LogP contribution in [0.15, 0.2) is 115 Å². The Morgan fingerprint density at radius 3 is 1.49 bits per heavy atom. The summed E-state index contributed by atoms with van der Waals surface area (Å²) in [5.74, 6) is 1.53. The highest BCUT2D eigenvalue weighted by molar-refractivity contribution is 7.95. The van der Waals surface area contributed by atoms with E-state index in [1.54, 1.807) is 5.80 Å². The van der Waals surface area contributed by atoms with E-state index in [1.165, 1.54) is 6.92 Å². The average molecular weight is 510 g/mol. The molecule has 4 rings (SSSR count). The van der Waals surface area contributed by atoms with Gasteiger partial charge in [0.2, 0.25) is 0 Å². The normalized spacial score (nSPS) is 9.78. The Bertz CT molecular complexity index is 1240. The SMILES string of the molecule is CC=O.CCOC(=O)C=P(c1ccccc1)(c1ccccc1)c1ccccc1.Cc1ccccc1C#N. The Labute approximate surface area is 220 Å². The molecule has 0 unspecified atom stereocenters. The Morgan fingerprint density at radius 1 is 0.784 bits per heavy atom. The maximum atomic E-state index is 12.5. The molecule has 0 bridgehead atoms. The van der Waals surface area contributed by atoms with E-state index in [-0.39, 0.29) is 5.97 Å². The molecule has 4 nitrogen and oxygen atoms in total. The van der Waals surface area contributed by atoms with Gasteiger partial charge in [0, 0.05) is 5.80 Å². The fraction of sp³-hybridized carbons (Fsp3) is 0.125. The van der Waals surface area contributed by atoms with Crippen molar-refractivity contribution in [3.05, 3.63) is 126 Å². The van der Waals surface area contributed by atoms with Crippen molar-refractivity contribution in [2.75, 3.05) is 6.61 Å². The van der Waals surface area contributed by atoms with E-state index in [9.17, 15) is 4.79 Å². The molecule has 0 amide bonds. The van der Waals surface area contributed by atoms with Crippen LogP contribution in [0.25, 0.3) is 0 Å². The minimum atomic E-state index is -2.24. The van der Waals surface area contributed by atoms with Gasteiger partial charge in [0.05, 0.1) is 18.2 Å². The lowest BCUT2D eigenvalue weighted by molar-refractivity contribution is -0.134. The summed E-state index contributed by atoms with van der Waals surface area (Å²) in [5.41, 5.74) is 1.80. The molecule has 0 saturated carbocycles. The number of aldehydes is 1. The minimum absolute atomic E-state index is 0.271. The highest BCUT2D eigenvalue weighted by Crippen LogP contribution is 2.43. The summed E-state index contributed by atoms with van der Waals surface area (Å²) >= 11 is 0. The molecule has 0 aliphatic carbocycles. The molecule has 0 spiro atoms. The molecule has 0 heterocycles. The highest BCUT2D eigenvalue weighted by atomic mass is 31.2. The van der Waals surface area contributed by atoms with Crippen molar-refractivity contribution in [2.24, 2.45) is 0 Å². The van der Waals surface area contributed by atoms with Crippen LogP contribution in [-0.2, 0) is 14.3 Å². The van der Waals surface area contributed by atoms with Gasteiger partial charge in [0.25, 0.3) is 0 Å². The van der Waals surface area contributed by atoms with Crippen LogP contribution in [0.2, 0.25) is 0 Å². The number of hydrogen-bond acceptors (Lipinski definition) is 4. The number of esters is 1. The van der Waals surface area contributed by atoms with E-state index in [2.05, 4.69) is 42.5 Å². The van der Waals surface area contributed by atoms with Gasteiger partial charge < -0.3 is 9.53 Å². The molecule has 0 aliphatic heterocycles. The predicted octanol–water partition coefficient (Wildman–Crippen LogP) is 5.42. The molecule has 4 aromatic carbocycles. The lowest BCUT2D eigenvalue weighted by Crippen LogP contribution is -2.29. The second-order valence-corrected chi connectivity index (χ2v) is 11.0. The standard InChI is InChI=1S/C22H21O2P.C8H7N.C2H4O/c1-2-24-22(23)18-25(19-12-6-3-7-13-19,20-14-8-4-9-15-20)21-16-10-5-11-17-21;1-7-4-2-3-5-8(7)6-9;1-2-3/h3-18H,2H2,1H3;2-5H,1H3;2H,1H3. The lowest BCUT2D eigenvalue weighted by atomic mass is 10.1. The zero-order valence-electron chi connectivity index (χ0n) is 21.5. The molecular weight excluding hydrogens is 477 g/mol. The lowest BCUT2D eigenvalue weighted by Gasteiger charge is -2.28. The third-order valence-corrected chi connectivity index (χ3v) is 9.28. The van der Waals surface area contributed by atoms with Crippen molar-refractivity contribution in [3.63, 3.8) is 0 Å². The largest absolute Gasteiger partial charge is 0.463 e. The van der Waals surface area contributed by atoms with Crippen LogP contribution >= 0.6 is 6.89 Å². The van der Waals surface area contributed by atoms with Crippen molar-refractivity contribution in [2.45, 2.75) is 20.8 Å². The molecule has 0 saturated heterocycles. The number of nitrogens with zero attached hydrogens (tertiary/aromatic N) is 1. The molecule has 0 atom stereocenters.